The average Bonchev–Trinajstić information content (AvgIpc) is 3.50. The molecule has 3 nitrogen and oxygen atoms in total. The molecule has 3 aliphatic rings. The minimum Gasteiger partial charge on any atom is -0.342 e. The third kappa shape index (κ3) is 4.63. The van der Waals surface area contributed by atoms with Crippen LogP contribution in [0.2, 0.25) is 0 Å². The quantitative estimate of drug-likeness (QED) is 0.812. The van der Waals surface area contributed by atoms with E-state index < -0.39 is 0 Å². The molecule has 1 saturated carbocycles. The highest BCUT2D eigenvalue weighted by atomic mass is 16.2. The lowest BCUT2D eigenvalue weighted by atomic mass is 9.89. The summed E-state index contributed by atoms with van der Waals surface area (Å²) in [6, 6.07) is 9.33. The van der Waals surface area contributed by atoms with Crippen LogP contribution in [0.15, 0.2) is 24.3 Å². The highest BCUT2D eigenvalue weighted by Crippen LogP contribution is 2.33. The molecule has 0 atom stereocenters. The molecule has 25 heavy (non-hydrogen) atoms. The molecule has 3 fully saturated rings. The highest BCUT2D eigenvalue weighted by molar-refractivity contribution is 5.81. The fourth-order valence-electron chi connectivity index (χ4n) is 4.44. The van der Waals surface area contributed by atoms with Gasteiger partial charge in [0.05, 0.1) is 0 Å². The number of nitrogens with zero attached hydrogens (tertiary/aromatic N) is 2. The second-order valence-electron chi connectivity index (χ2n) is 8.40. The van der Waals surface area contributed by atoms with Crippen molar-refractivity contribution < 1.29 is 4.79 Å². The number of carbonyl (C=O) groups is 1. The Bertz CT molecular complexity index is 564. The highest BCUT2D eigenvalue weighted by Gasteiger charge is 2.34. The fourth-order valence-corrected chi connectivity index (χ4v) is 4.44. The molecule has 0 unspecified atom stereocenters. The Labute approximate surface area is 152 Å². The van der Waals surface area contributed by atoms with E-state index in [2.05, 4.69) is 34.1 Å². The van der Waals surface area contributed by atoms with Gasteiger partial charge >= 0.3 is 0 Å². The lowest BCUT2D eigenvalue weighted by Gasteiger charge is -2.32. The summed E-state index contributed by atoms with van der Waals surface area (Å²) in [5.41, 5.74) is 2.92. The van der Waals surface area contributed by atoms with Crippen molar-refractivity contribution >= 4 is 5.91 Å². The number of rotatable bonds is 5. The van der Waals surface area contributed by atoms with Gasteiger partial charge in [0.15, 0.2) is 0 Å². The molecule has 4 rings (SSSR count). The number of carbonyl (C=O) groups excluding carboxylic acids is 1. The average molecular weight is 341 g/mol. The van der Waals surface area contributed by atoms with Gasteiger partial charge in [-0.25, -0.2) is 0 Å². The Hall–Kier alpha value is -1.35. The van der Waals surface area contributed by atoms with Gasteiger partial charge in [-0.15, -0.1) is 0 Å². The maximum atomic E-state index is 12.1. The zero-order chi connectivity index (χ0) is 17.1. The number of piperidine rings is 2. The van der Waals surface area contributed by atoms with Crippen molar-refractivity contribution in [2.24, 2.45) is 11.8 Å². The maximum absolute atomic E-state index is 12.1. The summed E-state index contributed by atoms with van der Waals surface area (Å²) in [7, 11) is 0. The van der Waals surface area contributed by atoms with E-state index in [9.17, 15) is 4.79 Å². The Morgan fingerprint density at radius 3 is 2.12 bits per heavy atom. The minimum absolute atomic E-state index is 0.379. The Balaban J connectivity index is 1.23. The van der Waals surface area contributed by atoms with Crippen LogP contribution in [-0.2, 0) is 17.8 Å². The van der Waals surface area contributed by atoms with Crippen molar-refractivity contribution in [2.75, 3.05) is 26.2 Å². The van der Waals surface area contributed by atoms with E-state index in [1.165, 1.54) is 62.7 Å². The van der Waals surface area contributed by atoms with Gasteiger partial charge in [-0.05, 0) is 75.1 Å². The van der Waals surface area contributed by atoms with Gasteiger partial charge in [-0.2, -0.15) is 0 Å². The van der Waals surface area contributed by atoms with Crippen LogP contribution in [0.1, 0.15) is 56.1 Å². The van der Waals surface area contributed by atoms with Crippen molar-refractivity contribution in [2.45, 2.75) is 57.9 Å². The smallest absolute Gasteiger partial charge is 0.225 e. The molecule has 0 radical (unpaired) electrons. The van der Waals surface area contributed by atoms with Gasteiger partial charge in [-0.1, -0.05) is 30.7 Å². The molecule has 1 aromatic carbocycles. The van der Waals surface area contributed by atoms with Gasteiger partial charge in [-0.3, -0.25) is 9.69 Å². The first kappa shape index (κ1) is 17.1. The van der Waals surface area contributed by atoms with Crippen LogP contribution in [0.4, 0.5) is 0 Å². The van der Waals surface area contributed by atoms with Crippen molar-refractivity contribution in [3.05, 3.63) is 35.4 Å². The molecule has 1 amide bonds. The number of benzene rings is 1. The first-order chi connectivity index (χ1) is 12.3. The molecule has 1 aliphatic carbocycles. The number of hydrogen-bond acceptors (Lipinski definition) is 2. The second kappa shape index (κ2) is 7.90. The Morgan fingerprint density at radius 2 is 1.48 bits per heavy atom. The molecular formula is C22H32N2O. The zero-order valence-electron chi connectivity index (χ0n) is 15.5. The summed E-state index contributed by atoms with van der Waals surface area (Å²) in [4.78, 5) is 16.9. The topological polar surface area (TPSA) is 23.6 Å². The molecule has 2 saturated heterocycles. The molecule has 0 bridgehead atoms. The summed E-state index contributed by atoms with van der Waals surface area (Å²) in [5, 5.41) is 0. The molecule has 0 aromatic heterocycles. The standard InChI is InChI=1S/C22H32N2O/c25-22(21-8-9-21)24-14-10-19(11-15-24)16-18-4-6-20(7-5-18)17-23-12-2-1-3-13-23/h4-7,19,21H,1-3,8-17H2. The van der Waals surface area contributed by atoms with E-state index in [-0.39, 0.29) is 0 Å². The SMILES string of the molecule is O=C(C1CC1)N1CCC(Cc2ccc(CN3CCCCC3)cc2)CC1. The molecule has 2 heterocycles. The molecule has 2 aliphatic heterocycles. The fraction of sp³-hybridized carbons (Fsp3) is 0.682. The third-order valence-corrected chi connectivity index (χ3v) is 6.26. The lowest BCUT2D eigenvalue weighted by molar-refractivity contribution is -0.133. The molecule has 136 valence electrons. The first-order valence-electron chi connectivity index (χ1n) is 10.4. The Kier molecular flexibility index (Phi) is 5.40. The van der Waals surface area contributed by atoms with E-state index in [0.717, 1.165) is 38.4 Å². The van der Waals surface area contributed by atoms with Gasteiger partial charge in [0.1, 0.15) is 0 Å². The predicted octanol–water partition coefficient (Wildman–Crippen LogP) is 3.86. The van der Waals surface area contributed by atoms with Gasteiger partial charge < -0.3 is 4.90 Å². The van der Waals surface area contributed by atoms with Crippen LogP contribution >= 0.6 is 0 Å². The number of likely N-dealkylation sites (tertiary alicyclic amines) is 2. The maximum Gasteiger partial charge on any atom is 0.225 e. The Morgan fingerprint density at radius 1 is 0.840 bits per heavy atom. The summed E-state index contributed by atoms with van der Waals surface area (Å²) in [6.45, 7) is 5.60. The van der Waals surface area contributed by atoms with Crippen LogP contribution < -0.4 is 0 Å². The van der Waals surface area contributed by atoms with Crippen molar-refractivity contribution in [3.8, 4) is 0 Å². The first-order valence-corrected chi connectivity index (χ1v) is 10.4. The van der Waals surface area contributed by atoms with E-state index in [0.29, 0.717) is 11.8 Å². The monoisotopic (exact) mass is 340 g/mol. The second-order valence-corrected chi connectivity index (χ2v) is 8.40. The predicted molar refractivity (Wildman–Crippen MR) is 101 cm³/mol. The lowest BCUT2D eigenvalue weighted by Crippen LogP contribution is -2.39. The van der Waals surface area contributed by atoms with Gasteiger partial charge in [0.25, 0.3) is 0 Å². The number of hydrogen-bond donors (Lipinski definition) is 0. The zero-order valence-corrected chi connectivity index (χ0v) is 15.5. The summed E-state index contributed by atoms with van der Waals surface area (Å²) in [5.74, 6) is 1.56. The van der Waals surface area contributed by atoms with Crippen LogP contribution in [-0.4, -0.2) is 41.9 Å². The molecule has 1 aromatic rings. The summed E-state index contributed by atoms with van der Waals surface area (Å²) in [6.07, 6.45) is 9.91. The van der Waals surface area contributed by atoms with Crippen LogP contribution in [0.5, 0.6) is 0 Å². The van der Waals surface area contributed by atoms with Crippen molar-refractivity contribution in [1.82, 2.24) is 9.80 Å². The van der Waals surface area contributed by atoms with E-state index in [1.54, 1.807) is 0 Å². The van der Waals surface area contributed by atoms with E-state index >= 15 is 0 Å². The van der Waals surface area contributed by atoms with Crippen LogP contribution in [0.25, 0.3) is 0 Å². The minimum atomic E-state index is 0.379. The summed E-state index contributed by atoms with van der Waals surface area (Å²) >= 11 is 0. The largest absolute Gasteiger partial charge is 0.342 e. The van der Waals surface area contributed by atoms with Crippen LogP contribution in [0.3, 0.4) is 0 Å². The van der Waals surface area contributed by atoms with E-state index in [1.807, 2.05) is 0 Å². The summed E-state index contributed by atoms with van der Waals surface area (Å²) < 4.78 is 0. The third-order valence-electron chi connectivity index (χ3n) is 6.26. The van der Waals surface area contributed by atoms with Gasteiger partial charge in [0, 0.05) is 25.6 Å². The molecular weight excluding hydrogens is 308 g/mol. The molecule has 0 spiro atoms. The number of amides is 1. The molecule has 3 heteroatoms. The van der Waals surface area contributed by atoms with Crippen molar-refractivity contribution in [3.63, 3.8) is 0 Å². The van der Waals surface area contributed by atoms with E-state index in [4.69, 9.17) is 0 Å². The molecule has 0 N–H and O–H groups in total. The van der Waals surface area contributed by atoms with Crippen molar-refractivity contribution in [1.29, 1.82) is 0 Å². The van der Waals surface area contributed by atoms with Crippen LogP contribution in [0, 0.1) is 11.8 Å². The van der Waals surface area contributed by atoms with Gasteiger partial charge in [0.2, 0.25) is 5.91 Å². The normalized spacial score (nSPS) is 23.0.